The molecule has 0 radical (unpaired) electrons. The highest BCUT2D eigenvalue weighted by Crippen LogP contribution is 2.31. The van der Waals surface area contributed by atoms with E-state index in [0.29, 0.717) is 31.5 Å². The van der Waals surface area contributed by atoms with Gasteiger partial charge in [0.2, 0.25) is 5.91 Å². The number of piperidine rings is 1. The summed E-state index contributed by atoms with van der Waals surface area (Å²) in [6.45, 7) is 4.14. The monoisotopic (exact) mass is 337 g/mol. The summed E-state index contributed by atoms with van der Waals surface area (Å²) in [7, 11) is 0. The lowest BCUT2D eigenvalue weighted by Crippen LogP contribution is -2.45. The second-order valence-corrected chi connectivity index (χ2v) is 8.31. The number of carbonyl (C=O) groups is 1. The molecule has 0 aromatic carbocycles. The molecule has 1 amide bonds. The van der Waals surface area contributed by atoms with Gasteiger partial charge in [-0.2, -0.15) is 0 Å². The first-order valence-corrected chi connectivity index (χ1v) is 10.1. The Morgan fingerprint density at radius 1 is 1.08 bits per heavy atom. The fourth-order valence-electron chi connectivity index (χ4n) is 4.98. The number of hydrogen-bond acceptors (Lipinski definition) is 4. The smallest absolute Gasteiger partial charge is 0.222 e. The average molecular weight is 338 g/mol. The summed E-state index contributed by atoms with van der Waals surface area (Å²) in [4.78, 5) is 15.9. The largest absolute Gasteiger partial charge is 0.390 e. The van der Waals surface area contributed by atoms with Crippen LogP contribution in [-0.2, 0) is 4.79 Å². The number of amides is 1. The molecular weight excluding hydrogens is 302 g/mol. The Kier molecular flexibility index (Phi) is 6.53. The highest BCUT2D eigenvalue weighted by molar-refractivity contribution is 5.78. The minimum Gasteiger partial charge on any atom is -0.390 e. The van der Waals surface area contributed by atoms with Crippen LogP contribution in [0.5, 0.6) is 0 Å². The third-order valence-corrected chi connectivity index (χ3v) is 6.29. The Morgan fingerprint density at radius 3 is 2.58 bits per heavy atom. The molecule has 2 aliphatic heterocycles. The lowest BCUT2D eigenvalue weighted by atomic mass is 9.86. The van der Waals surface area contributed by atoms with Gasteiger partial charge < -0.3 is 20.6 Å². The van der Waals surface area contributed by atoms with E-state index in [-0.39, 0.29) is 5.91 Å². The minimum atomic E-state index is -0.422. The van der Waals surface area contributed by atoms with Gasteiger partial charge in [0.1, 0.15) is 0 Å². The number of aliphatic hydroxyl groups excluding tert-OH is 1. The number of nitrogens with two attached hydrogens (primary N) is 1. The van der Waals surface area contributed by atoms with E-state index < -0.39 is 6.10 Å². The molecule has 5 nitrogen and oxygen atoms in total. The van der Waals surface area contributed by atoms with Crippen LogP contribution in [0.1, 0.15) is 57.8 Å². The fourth-order valence-corrected chi connectivity index (χ4v) is 4.98. The number of carbonyl (C=O) groups excluding carboxylic acids is 1. The van der Waals surface area contributed by atoms with Crippen molar-refractivity contribution in [2.45, 2.75) is 69.9 Å². The molecule has 2 heterocycles. The molecule has 3 fully saturated rings. The number of β-amino-alcohol motifs (C(OH)–C–C–N with tert-alkyl or cyclic N) is 1. The predicted molar refractivity (Wildman–Crippen MR) is 95.5 cm³/mol. The average Bonchev–Trinajstić information content (AvgIpc) is 3.20. The zero-order valence-electron chi connectivity index (χ0n) is 15.0. The van der Waals surface area contributed by atoms with Gasteiger partial charge in [-0.1, -0.05) is 12.8 Å². The van der Waals surface area contributed by atoms with Gasteiger partial charge in [0.05, 0.1) is 6.10 Å². The molecule has 3 aliphatic rings. The van der Waals surface area contributed by atoms with Crippen LogP contribution in [0.25, 0.3) is 0 Å². The molecule has 24 heavy (non-hydrogen) atoms. The summed E-state index contributed by atoms with van der Waals surface area (Å²) in [5.41, 5.74) is 6.47. The molecule has 1 saturated carbocycles. The van der Waals surface area contributed by atoms with Crippen LogP contribution in [-0.4, -0.2) is 65.7 Å². The van der Waals surface area contributed by atoms with Crippen LogP contribution in [0.15, 0.2) is 0 Å². The molecule has 1 aliphatic carbocycles. The third-order valence-electron chi connectivity index (χ3n) is 6.29. The van der Waals surface area contributed by atoms with Gasteiger partial charge in [-0.3, -0.25) is 4.79 Å². The zero-order valence-corrected chi connectivity index (χ0v) is 15.0. The summed E-state index contributed by atoms with van der Waals surface area (Å²) < 4.78 is 0. The summed E-state index contributed by atoms with van der Waals surface area (Å²) in [6.07, 6.45) is 10.1. The molecular formula is C19H35N3O2. The van der Waals surface area contributed by atoms with E-state index in [0.717, 1.165) is 38.4 Å². The minimum absolute atomic E-state index is 0.202. The molecule has 138 valence electrons. The molecule has 3 rings (SSSR count). The summed E-state index contributed by atoms with van der Waals surface area (Å²) in [6, 6.07) is 0.365. The molecule has 0 bridgehead atoms. The SMILES string of the molecule is NC(CC1CCCN(CC(O)CN2CCCC2=O)C1)C1CCCC1. The Labute approximate surface area is 146 Å². The summed E-state index contributed by atoms with van der Waals surface area (Å²) in [5, 5.41) is 10.4. The van der Waals surface area contributed by atoms with Crippen LogP contribution in [0.4, 0.5) is 0 Å². The van der Waals surface area contributed by atoms with Crippen LogP contribution in [0.2, 0.25) is 0 Å². The molecule has 3 unspecified atom stereocenters. The second kappa shape index (κ2) is 8.63. The van der Waals surface area contributed by atoms with Crippen molar-refractivity contribution in [1.82, 2.24) is 9.80 Å². The first-order valence-electron chi connectivity index (χ1n) is 10.1. The first kappa shape index (κ1) is 18.2. The molecule has 0 spiro atoms. The highest BCUT2D eigenvalue weighted by atomic mass is 16.3. The van der Waals surface area contributed by atoms with Crippen molar-refractivity contribution in [1.29, 1.82) is 0 Å². The van der Waals surface area contributed by atoms with Crippen molar-refractivity contribution in [3.63, 3.8) is 0 Å². The Bertz CT molecular complexity index is 411. The van der Waals surface area contributed by atoms with Gasteiger partial charge in [-0.05, 0) is 56.9 Å². The van der Waals surface area contributed by atoms with Crippen LogP contribution in [0.3, 0.4) is 0 Å². The molecule has 5 heteroatoms. The molecule has 3 atom stereocenters. The van der Waals surface area contributed by atoms with E-state index in [1.54, 1.807) is 0 Å². The van der Waals surface area contributed by atoms with E-state index in [9.17, 15) is 9.90 Å². The number of rotatable bonds is 7. The number of nitrogens with zero attached hydrogens (tertiary/aromatic N) is 2. The van der Waals surface area contributed by atoms with Crippen molar-refractivity contribution in [2.24, 2.45) is 17.6 Å². The molecule has 0 aromatic heterocycles. The van der Waals surface area contributed by atoms with Crippen molar-refractivity contribution in [3.8, 4) is 0 Å². The van der Waals surface area contributed by atoms with E-state index in [2.05, 4.69) is 4.90 Å². The lowest BCUT2D eigenvalue weighted by molar-refractivity contribution is -0.129. The van der Waals surface area contributed by atoms with Crippen LogP contribution < -0.4 is 5.73 Å². The van der Waals surface area contributed by atoms with Gasteiger partial charge in [-0.25, -0.2) is 0 Å². The maximum Gasteiger partial charge on any atom is 0.222 e. The Hall–Kier alpha value is -0.650. The van der Waals surface area contributed by atoms with E-state index in [4.69, 9.17) is 5.73 Å². The van der Waals surface area contributed by atoms with E-state index >= 15 is 0 Å². The number of aliphatic hydroxyl groups is 1. The number of likely N-dealkylation sites (tertiary alicyclic amines) is 2. The predicted octanol–water partition coefficient (Wildman–Crippen LogP) is 1.59. The number of hydrogen-bond donors (Lipinski definition) is 2. The Morgan fingerprint density at radius 2 is 1.88 bits per heavy atom. The zero-order chi connectivity index (χ0) is 16.9. The fraction of sp³-hybridized carbons (Fsp3) is 0.947. The van der Waals surface area contributed by atoms with Gasteiger partial charge in [0.25, 0.3) is 0 Å². The van der Waals surface area contributed by atoms with Gasteiger partial charge in [-0.15, -0.1) is 0 Å². The van der Waals surface area contributed by atoms with Gasteiger partial charge in [0, 0.05) is 38.6 Å². The van der Waals surface area contributed by atoms with Crippen molar-refractivity contribution >= 4 is 5.91 Å². The second-order valence-electron chi connectivity index (χ2n) is 8.31. The third kappa shape index (κ3) is 4.93. The van der Waals surface area contributed by atoms with Gasteiger partial charge >= 0.3 is 0 Å². The lowest BCUT2D eigenvalue weighted by Gasteiger charge is -2.36. The van der Waals surface area contributed by atoms with Crippen molar-refractivity contribution in [2.75, 3.05) is 32.7 Å². The topological polar surface area (TPSA) is 69.8 Å². The van der Waals surface area contributed by atoms with Crippen molar-refractivity contribution < 1.29 is 9.90 Å². The maximum atomic E-state index is 11.7. The maximum absolute atomic E-state index is 11.7. The highest BCUT2D eigenvalue weighted by Gasteiger charge is 2.29. The summed E-state index contributed by atoms with van der Waals surface area (Å²) in [5.74, 6) is 1.62. The first-order chi connectivity index (χ1) is 11.6. The van der Waals surface area contributed by atoms with Gasteiger partial charge in [0.15, 0.2) is 0 Å². The van der Waals surface area contributed by atoms with Crippen molar-refractivity contribution in [3.05, 3.63) is 0 Å². The van der Waals surface area contributed by atoms with E-state index in [1.807, 2.05) is 4.90 Å². The van der Waals surface area contributed by atoms with Crippen LogP contribution in [0, 0.1) is 11.8 Å². The van der Waals surface area contributed by atoms with E-state index in [1.165, 1.54) is 38.5 Å². The molecule has 3 N–H and O–H groups in total. The molecule has 0 aromatic rings. The quantitative estimate of drug-likeness (QED) is 0.740. The Balaban J connectivity index is 1.40. The van der Waals surface area contributed by atoms with Crippen LogP contribution >= 0.6 is 0 Å². The summed E-state index contributed by atoms with van der Waals surface area (Å²) >= 11 is 0. The normalized spacial score (nSPS) is 29.3. The standard InChI is InChI=1S/C19H35N3O2/c20-18(16-6-1-2-7-16)11-15-5-3-9-21(12-15)13-17(23)14-22-10-4-8-19(22)24/h15-18,23H,1-14,20H2. The molecule has 2 saturated heterocycles.